The summed E-state index contributed by atoms with van der Waals surface area (Å²) in [5.74, 6) is -0.247. The van der Waals surface area contributed by atoms with Crippen molar-refractivity contribution in [3.8, 4) is 11.5 Å². The van der Waals surface area contributed by atoms with Crippen LogP contribution in [0.4, 0.5) is 10.5 Å². The largest absolute Gasteiger partial charge is 0.493 e. The number of amides is 3. The third kappa shape index (κ3) is 6.53. The van der Waals surface area contributed by atoms with Gasteiger partial charge in [0.05, 0.1) is 17.0 Å². The van der Waals surface area contributed by atoms with Gasteiger partial charge in [0.2, 0.25) is 5.91 Å². The lowest BCUT2D eigenvalue weighted by Crippen LogP contribution is -2.36. The zero-order valence-electron chi connectivity index (χ0n) is 20.5. The fourth-order valence-corrected chi connectivity index (χ4v) is 4.77. The maximum Gasteiger partial charge on any atom is 0.294 e. The summed E-state index contributed by atoms with van der Waals surface area (Å²) in [4.78, 5) is 38.9. The Morgan fingerprint density at radius 2 is 1.81 bits per heavy atom. The molecule has 3 aromatic rings. The van der Waals surface area contributed by atoms with Crippen molar-refractivity contribution >= 4 is 52.2 Å². The van der Waals surface area contributed by atoms with Crippen LogP contribution in [0.2, 0.25) is 5.02 Å². The van der Waals surface area contributed by atoms with Crippen molar-refractivity contribution in [1.29, 1.82) is 0 Å². The summed E-state index contributed by atoms with van der Waals surface area (Å²) in [6, 6.07) is 18.5. The average molecular weight is 537 g/mol. The molecule has 1 aliphatic heterocycles. The van der Waals surface area contributed by atoms with Gasteiger partial charge in [-0.15, -0.1) is 0 Å². The second-order valence-corrected chi connectivity index (χ2v) is 9.89. The van der Waals surface area contributed by atoms with E-state index in [4.69, 9.17) is 21.1 Å². The van der Waals surface area contributed by atoms with Crippen molar-refractivity contribution in [3.63, 3.8) is 0 Å². The van der Waals surface area contributed by atoms with Crippen LogP contribution in [0.5, 0.6) is 11.5 Å². The van der Waals surface area contributed by atoms with Crippen molar-refractivity contribution in [2.75, 3.05) is 19.0 Å². The molecule has 0 aliphatic carbocycles. The zero-order valence-corrected chi connectivity index (χ0v) is 22.1. The van der Waals surface area contributed by atoms with Gasteiger partial charge in [0.25, 0.3) is 11.1 Å². The number of nitrogens with zero attached hydrogens (tertiary/aromatic N) is 1. The number of hydrogen-bond donors (Lipinski definition) is 1. The highest BCUT2D eigenvalue weighted by molar-refractivity contribution is 8.18. The molecule has 1 N–H and O–H groups in total. The molecule has 0 spiro atoms. The molecule has 0 bridgehead atoms. The predicted octanol–water partition coefficient (Wildman–Crippen LogP) is 6.22. The SMILES string of the molecule is COc1cc(/C=C2\SC(=O)N(CC(=O)Nc3cccc(C)c3)C2=O)cc(Cl)c1OCc1ccc(C)cc1. The van der Waals surface area contributed by atoms with E-state index in [-0.39, 0.29) is 11.4 Å². The minimum absolute atomic E-state index is 0.180. The Bertz CT molecular complexity index is 1390. The Hall–Kier alpha value is -3.75. The number of ether oxygens (including phenoxy) is 2. The summed E-state index contributed by atoms with van der Waals surface area (Å²) in [6.45, 7) is 3.84. The van der Waals surface area contributed by atoms with Crippen LogP contribution in [-0.2, 0) is 16.2 Å². The van der Waals surface area contributed by atoms with E-state index in [2.05, 4.69) is 5.32 Å². The number of benzene rings is 3. The van der Waals surface area contributed by atoms with Gasteiger partial charge in [-0.05, 0) is 72.6 Å². The Morgan fingerprint density at radius 3 is 2.51 bits per heavy atom. The van der Waals surface area contributed by atoms with Gasteiger partial charge < -0.3 is 14.8 Å². The Morgan fingerprint density at radius 1 is 1.05 bits per heavy atom. The fourth-order valence-electron chi connectivity index (χ4n) is 3.66. The van der Waals surface area contributed by atoms with E-state index in [1.165, 1.54) is 7.11 Å². The third-order valence-electron chi connectivity index (χ3n) is 5.53. The molecule has 3 amide bonds. The van der Waals surface area contributed by atoms with Crippen LogP contribution in [0.3, 0.4) is 0 Å². The Labute approximate surface area is 224 Å². The van der Waals surface area contributed by atoms with Crippen molar-refractivity contribution in [3.05, 3.63) is 92.8 Å². The van der Waals surface area contributed by atoms with Gasteiger partial charge in [0.1, 0.15) is 13.2 Å². The van der Waals surface area contributed by atoms with Crippen LogP contribution in [0.25, 0.3) is 6.08 Å². The van der Waals surface area contributed by atoms with Crippen LogP contribution in [0, 0.1) is 13.8 Å². The quantitative estimate of drug-likeness (QED) is 0.344. The van der Waals surface area contributed by atoms with Gasteiger partial charge in [-0.1, -0.05) is 53.6 Å². The maximum atomic E-state index is 12.9. The van der Waals surface area contributed by atoms with Gasteiger partial charge in [-0.25, -0.2) is 0 Å². The highest BCUT2D eigenvalue weighted by atomic mass is 35.5. The first kappa shape index (κ1) is 26.3. The summed E-state index contributed by atoms with van der Waals surface area (Å²) in [5, 5.41) is 2.49. The van der Waals surface area contributed by atoms with Gasteiger partial charge in [0, 0.05) is 5.69 Å². The smallest absolute Gasteiger partial charge is 0.294 e. The molecule has 0 radical (unpaired) electrons. The molecule has 9 heteroatoms. The summed E-state index contributed by atoms with van der Waals surface area (Å²) >= 11 is 7.25. The van der Waals surface area contributed by atoms with Gasteiger partial charge in [0.15, 0.2) is 11.5 Å². The standard InChI is InChI=1S/C28H25ClN2O5S/c1-17-7-9-19(10-8-17)16-36-26-22(29)12-20(13-23(26)35-3)14-24-27(33)31(28(34)37-24)15-25(32)30-21-6-4-5-18(2)11-21/h4-14H,15-16H2,1-3H3,(H,30,32)/b24-14-. The number of anilines is 1. The molecule has 190 valence electrons. The fraction of sp³-hybridized carbons (Fsp3) is 0.179. The van der Waals surface area contributed by atoms with Crippen LogP contribution in [0.15, 0.2) is 65.6 Å². The molecule has 0 atom stereocenters. The zero-order chi connectivity index (χ0) is 26.5. The van der Waals surface area contributed by atoms with Crippen molar-refractivity contribution in [2.45, 2.75) is 20.5 Å². The number of carbonyl (C=O) groups excluding carboxylic acids is 3. The second-order valence-electron chi connectivity index (χ2n) is 8.49. The molecule has 1 saturated heterocycles. The number of nitrogens with one attached hydrogen (secondary N) is 1. The van der Waals surface area contributed by atoms with Crippen molar-refractivity contribution in [2.24, 2.45) is 0 Å². The van der Waals surface area contributed by atoms with Crippen LogP contribution in [-0.4, -0.2) is 35.6 Å². The van der Waals surface area contributed by atoms with E-state index >= 15 is 0 Å². The lowest BCUT2D eigenvalue weighted by Gasteiger charge is -2.14. The lowest BCUT2D eigenvalue weighted by atomic mass is 10.1. The minimum atomic E-state index is -0.552. The summed E-state index contributed by atoms with van der Waals surface area (Å²) in [7, 11) is 1.49. The topological polar surface area (TPSA) is 84.9 Å². The summed E-state index contributed by atoms with van der Waals surface area (Å²) < 4.78 is 11.4. The van der Waals surface area contributed by atoms with Crippen LogP contribution >= 0.6 is 23.4 Å². The van der Waals surface area contributed by atoms with E-state index < -0.39 is 17.1 Å². The van der Waals surface area contributed by atoms with E-state index in [9.17, 15) is 14.4 Å². The van der Waals surface area contributed by atoms with E-state index in [1.54, 1.807) is 30.3 Å². The van der Waals surface area contributed by atoms with E-state index in [0.717, 1.165) is 33.4 Å². The molecule has 0 saturated carbocycles. The molecular weight excluding hydrogens is 512 g/mol. The first-order valence-electron chi connectivity index (χ1n) is 11.4. The molecule has 37 heavy (non-hydrogen) atoms. The summed E-state index contributed by atoms with van der Waals surface area (Å²) in [6.07, 6.45) is 1.54. The highest BCUT2D eigenvalue weighted by Crippen LogP contribution is 2.39. The molecule has 1 heterocycles. The number of hydrogen-bond acceptors (Lipinski definition) is 6. The molecule has 1 aliphatic rings. The maximum absolute atomic E-state index is 12.9. The number of rotatable bonds is 8. The number of methoxy groups -OCH3 is 1. The van der Waals surface area contributed by atoms with Crippen molar-refractivity contribution < 1.29 is 23.9 Å². The molecular formula is C28H25ClN2O5S. The van der Waals surface area contributed by atoms with Crippen LogP contribution in [0.1, 0.15) is 22.3 Å². The van der Waals surface area contributed by atoms with Gasteiger partial charge in [-0.2, -0.15) is 0 Å². The number of imide groups is 1. The minimum Gasteiger partial charge on any atom is -0.493 e. The first-order valence-corrected chi connectivity index (χ1v) is 12.6. The molecule has 4 rings (SSSR count). The molecule has 7 nitrogen and oxygen atoms in total. The number of halogens is 1. The Balaban J connectivity index is 1.46. The molecule has 3 aromatic carbocycles. The average Bonchev–Trinajstić information content (AvgIpc) is 3.11. The second kappa shape index (κ2) is 11.5. The van der Waals surface area contributed by atoms with Crippen LogP contribution < -0.4 is 14.8 Å². The Kier molecular flexibility index (Phi) is 8.21. The molecule has 1 fully saturated rings. The normalized spacial score (nSPS) is 14.3. The number of carbonyl (C=O) groups is 3. The summed E-state index contributed by atoms with van der Waals surface area (Å²) in [5.41, 5.74) is 4.26. The van der Waals surface area contributed by atoms with Gasteiger partial charge in [-0.3, -0.25) is 19.3 Å². The number of aryl methyl sites for hydroxylation is 2. The van der Waals surface area contributed by atoms with Crippen molar-refractivity contribution in [1.82, 2.24) is 4.90 Å². The number of thioether (sulfide) groups is 1. The predicted molar refractivity (Wildman–Crippen MR) is 146 cm³/mol. The lowest BCUT2D eigenvalue weighted by molar-refractivity contribution is -0.127. The monoisotopic (exact) mass is 536 g/mol. The van der Waals surface area contributed by atoms with Gasteiger partial charge >= 0.3 is 0 Å². The molecule has 0 unspecified atom stereocenters. The molecule has 0 aromatic heterocycles. The first-order chi connectivity index (χ1) is 17.7. The van der Waals surface area contributed by atoms with E-state index in [1.807, 2.05) is 50.2 Å². The highest BCUT2D eigenvalue weighted by Gasteiger charge is 2.36. The van der Waals surface area contributed by atoms with E-state index in [0.29, 0.717) is 34.4 Å². The third-order valence-corrected chi connectivity index (χ3v) is 6.72.